The number of nitrogens with zero attached hydrogens (tertiary/aromatic N) is 4. The SMILES string of the molecule is c1ccc(-c2nc(-c3ccc4oc5ccccc5c4c3)nc(-c3cccc4oc5ccc(-c6cc(-c7ccc8c9ccccc9n(-c9ccccc9)c8c7)cc7oc8ccccc8c67)cc5c34)n2)cc1. The summed E-state index contributed by atoms with van der Waals surface area (Å²) in [7, 11) is 0. The first-order valence-corrected chi connectivity index (χ1v) is 23.4. The van der Waals surface area contributed by atoms with E-state index in [2.05, 4.69) is 138 Å². The average Bonchev–Trinajstić information content (AvgIpc) is 4.19. The summed E-state index contributed by atoms with van der Waals surface area (Å²) in [5.41, 5.74) is 15.1. The second-order valence-corrected chi connectivity index (χ2v) is 17.9. The van der Waals surface area contributed by atoms with Crippen LogP contribution in [0.15, 0.2) is 232 Å². The highest BCUT2D eigenvalue weighted by Gasteiger charge is 2.22. The molecule has 0 amide bonds. The molecule has 0 aliphatic heterocycles. The van der Waals surface area contributed by atoms with Crippen LogP contribution in [0.2, 0.25) is 0 Å². The van der Waals surface area contributed by atoms with E-state index in [9.17, 15) is 0 Å². The molecule has 0 saturated carbocycles. The van der Waals surface area contributed by atoms with Crippen molar-refractivity contribution in [1.82, 2.24) is 19.5 Å². The van der Waals surface area contributed by atoms with Crippen molar-refractivity contribution in [2.45, 2.75) is 0 Å². The molecule has 70 heavy (non-hydrogen) atoms. The molecular formula is C63H36N4O3. The number of hydrogen-bond donors (Lipinski definition) is 0. The molecule has 0 radical (unpaired) electrons. The van der Waals surface area contributed by atoms with Crippen LogP contribution in [0.5, 0.6) is 0 Å². The molecule has 7 nitrogen and oxygen atoms in total. The van der Waals surface area contributed by atoms with Gasteiger partial charge in [-0.25, -0.2) is 15.0 Å². The van der Waals surface area contributed by atoms with Gasteiger partial charge in [0.05, 0.1) is 11.0 Å². The smallest absolute Gasteiger partial charge is 0.164 e. The highest BCUT2D eigenvalue weighted by atomic mass is 16.3. The van der Waals surface area contributed by atoms with Crippen LogP contribution in [0.4, 0.5) is 0 Å². The second-order valence-electron chi connectivity index (χ2n) is 17.9. The topological polar surface area (TPSA) is 83.0 Å². The molecule has 15 rings (SSSR count). The number of benzene rings is 10. The van der Waals surface area contributed by atoms with Crippen molar-refractivity contribution in [3.63, 3.8) is 0 Å². The maximum atomic E-state index is 6.71. The molecular weight excluding hydrogens is 861 g/mol. The van der Waals surface area contributed by atoms with Crippen molar-refractivity contribution >= 4 is 87.6 Å². The Labute approximate surface area is 399 Å². The summed E-state index contributed by atoms with van der Waals surface area (Å²) >= 11 is 0. The van der Waals surface area contributed by atoms with Crippen LogP contribution in [0.25, 0.3) is 150 Å². The molecule has 0 spiro atoms. The van der Waals surface area contributed by atoms with Gasteiger partial charge in [-0.3, -0.25) is 0 Å². The van der Waals surface area contributed by atoms with Gasteiger partial charge in [-0.1, -0.05) is 133 Å². The van der Waals surface area contributed by atoms with E-state index in [1.807, 2.05) is 84.9 Å². The van der Waals surface area contributed by atoms with E-state index in [-0.39, 0.29) is 0 Å². The van der Waals surface area contributed by atoms with Crippen LogP contribution in [-0.2, 0) is 0 Å². The summed E-state index contributed by atoms with van der Waals surface area (Å²) in [4.78, 5) is 15.5. The largest absolute Gasteiger partial charge is 0.456 e. The normalized spacial score (nSPS) is 12.0. The summed E-state index contributed by atoms with van der Waals surface area (Å²) in [6, 6.07) is 75.8. The lowest BCUT2D eigenvalue weighted by atomic mass is 9.93. The Hall–Kier alpha value is -9.59. The predicted octanol–water partition coefficient (Wildman–Crippen LogP) is 17.0. The minimum Gasteiger partial charge on any atom is -0.456 e. The van der Waals surface area contributed by atoms with Gasteiger partial charge in [0.15, 0.2) is 17.5 Å². The van der Waals surface area contributed by atoms with Crippen LogP contribution in [0, 0.1) is 0 Å². The highest BCUT2D eigenvalue weighted by molar-refractivity contribution is 6.17. The van der Waals surface area contributed by atoms with Crippen LogP contribution < -0.4 is 0 Å². The molecule has 10 aromatic carbocycles. The van der Waals surface area contributed by atoms with Gasteiger partial charge >= 0.3 is 0 Å². The lowest BCUT2D eigenvalue weighted by molar-refractivity contribution is 0.668. The summed E-state index contributed by atoms with van der Waals surface area (Å²) in [6.45, 7) is 0. The fraction of sp³-hybridized carbons (Fsp3) is 0. The van der Waals surface area contributed by atoms with Crippen molar-refractivity contribution in [3.8, 4) is 62.1 Å². The van der Waals surface area contributed by atoms with Gasteiger partial charge in [0, 0.05) is 65.5 Å². The fourth-order valence-corrected chi connectivity index (χ4v) is 10.6. The van der Waals surface area contributed by atoms with Crippen molar-refractivity contribution in [3.05, 3.63) is 218 Å². The van der Waals surface area contributed by atoms with E-state index in [4.69, 9.17) is 28.2 Å². The molecule has 326 valence electrons. The lowest BCUT2D eigenvalue weighted by Crippen LogP contribution is -2.00. The third-order valence-corrected chi connectivity index (χ3v) is 13.8. The van der Waals surface area contributed by atoms with E-state index < -0.39 is 0 Å². The minimum absolute atomic E-state index is 0.549. The summed E-state index contributed by atoms with van der Waals surface area (Å²) < 4.78 is 21.9. The first-order valence-electron chi connectivity index (χ1n) is 23.4. The van der Waals surface area contributed by atoms with Crippen LogP contribution in [0.3, 0.4) is 0 Å². The minimum atomic E-state index is 0.549. The van der Waals surface area contributed by atoms with E-state index >= 15 is 0 Å². The standard InChI is InChI=1S/C63H36N4O3/c1-3-14-37(15-4-1)61-64-62(40-28-31-55-49(33-40)45-19-8-11-23-53(45)68-55)66-63(65-61)47-21-13-25-57-60(47)50-32-39(27-30-56(50)69-57)48-34-41(36-58-59(48)46-20-9-12-24-54(46)70-58)38-26-29-44-43-18-7-10-22-51(43)67(52(44)35-38)42-16-5-2-6-17-42/h1-36H. The summed E-state index contributed by atoms with van der Waals surface area (Å²) in [6.07, 6.45) is 0. The van der Waals surface area contributed by atoms with Gasteiger partial charge in [-0.15, -0.1) is 0 Å². The number of fused-ring (bicyclic) bond motifs is 12. The Morgan fingerprint density at radius 2 is 0.843 bits per heavy atom. The number of hydrogen-bond acceptors (Lipinski definition) is 6. The average molecular weight is 897 g/mol. The van der Waals surface area contributed by atoms with E-state index in [0.717, 1.165) is 116 Å². The second kappa shape index (κ2) is 15.0. The van der Waals surface area contributed by atoms with Crippen LogP contribution in [-0.4, -0.2) is 19.5 Å². The van der Waals surface area contributed by atoms with Gasteiger partial charge in [0.2, 0.25) is 0 Å². The Bertz CT molecular complexity index is 4600. The Balaban J connectivity index is 0.933. The van der Waals surface area contributed by atoms with E-state index in [1.165, 1.54) is 16.3 Å². The molecule has 5 aromatic heterocycles. The molecule has 0 bridgehead atoms. The third-order valence-electron chi connectivity index (χ3n) is 13.8. The quantitative estimate of drug-likeness (QED) is 0.165. The molecule has 0 aliphatic carbocycles. The number of aromatic nitrogens is 4. The molecule has 0 saturated heterocycles. The zero-order chi connectivity index (χ0) is 45.9. The Morgan fingerprint density at radius 1 is 0.271 bits per heavy atom. The van der Waals surface area contributed by atoms with Crippen LogP contribution in [0.1, 0.15) is 0 Å². The number of para-hydroxylation sites is 4. The molecule has 0 atom stereocenters. The van der Waals surface area contributed by atoms with E-state index in [1.54, 1.807) is 0 Å². The van der Waals surface area contributed by atoms with E-state index in [0.29, 0.717) is 17.5 Å². The first-order chi connectivity index (χ1) is 34.7. The molecule has 0 aliphatic rings. The first kappa shape index (κ1) is 38.5. The molecule has 15 aromatic rings. The van der Waals surface area contributed by atoms with Crippen molar-refractivity contribution in [2.75, 3.05) is 0 Å². The predicted molar refractivity (Wildman–Crippen MR) is 283 cm³/mol. The number of furan rings is 3. The summed E-state index contributed by atoms with van der Waals surface area (Å²) in [5, 5.41) is 8.47. The Morgan fingerprint density at radius 3 is 1.69 bits per heavy atom. The Kier molecular flexibility index (Phi) is 8.23. The van der Waals surface area contributed by atoms with Gasteiger partial charge in [-0.2, -0.15) is 0 Å². The maximum absolute atomic E-state index is 6.71. The van der Waals surface area contributed by atoms with Crippen molar-refractivity contribution in [2.24, 2.45) is 0 Å². The van der Waals surface area contributed by atoms with Gasteiger partial charge < -0.3 is 17.8 Å². The van der Waals surface area contributed by atoms with Crippen LogP contribution >= 0.6 is 0 Å². The molecule has 0 fully saturated rings. The number of rotatable bonds is 6. The van der Waals surface area contributed by atoms with Gasteiger partial charge in [0.25, 0.3) is 0 Å². The third kappa shape index (κ3) is 5.91. The maximum Gasteiger partial charge on any atom is 0.164 e. The lowest BCUT2D eigenvalue weighted by Gasteiger charge is -2.11. The van der Waals surface area contributed by atoms with Gasteiger partial charge in [-0.05, 0) is 107 Å². The molecule has 5 heterocycles. The highest BCUT2D eigenvalue weighted by Crippen LogP contribution is 2.44. The summed E-state index contributed by atoms with van der Waals surface area (Å²) in [5.74, 6) is 1.69. The molecule has 0 unspecified atom stereocenters. The van der Waals surface area contributed by atoms with Gasteiger partial charge in [0.1, 0.15) is 33.5 Å². The fourth-order valence-electron chi connectivity index (χ4n) is 10.6. The zero-order valence-corrected chi connectivity index (χ0v) is 37.3. The molecule has 7 heteroatoms. The zero-order valence-electron chi connectivity index (χ0n) is 37.3. The van der Waals surface area contributed by atoms with Crippen molar-refractivity contribution < 1.29 is 13.3 Å². The molecule has 0 N–H and O–H groups in total. The van der Waals surface area contributed by atoms with Crippen molar-refractivity contribution in [1.29, 1.82) is 0 Å². The monoisotopic (exact) mass is 896 g/mol.